The number of carbonyl (C=O) groups excluding carboxylic acids is 1. The standard InChI is InChI=1S/C16H18N2O4/c1-10-13(11(2)22-18-10)7-16(19)17-8-12-9-20-14-5-3-4-6-15(14)21-12/h3-6,12H,7-9H2,1-2H3,(H,17,19)/t12-/m1/s1. The fraction of sp³-hybridized carbons (Fsp3) is 0.375. The molecule has 3 rings (SSSR count). The van der Waals surface area contributed by atoms with E-state index in [1.807, 2.05) is 31.2 Å². The minimum Gasteiger partial charge on any atom is -0.486 e. The Bertz CT molecular complexity index is 661. The first-order chi connectivity index (χ1) is 10.6. The van der Waals surface area contributed by atoms with Gasteiger partial charge >= 0.3 is 0 Å². The molecule has 1 amide bonds. The summed E-state index contributed by atoms with van der Waals surface area (Å²) in [6, 6.07) is 7.50. The van der Waals surface area contributed by atoms with Crippen molar-refractivity contribution in [3.05, 3.63) is 41.3 Å². The summed E-state index contributed by atoms with van der Waals surface area (Å²) < 4.78 is 16.5. The minimum atomic E-state index is -0.191. The predicted octanol–water partition coefficient (Wildman–Crippen LogP) is 1.79. The number of nitrogens with zero attached hydrogens (tertiary/aromatic N) is 1. The van der Waals surface area contributed by atoms with Crippen molar-refractivity contribution in [2.45, 2.75) is 26.4 Å². The molecule has 0 fully saturated rings. The first kappa shape index (κ1) is 14.4. The van der Waals surface area contributed by atoms with Gasteiger partial charge in [0.25, 0.3) is 0 Å². The maximum Gasteiger partial charge on any atom is 0.224 e. The molecule has 1 aromatic heterocycles. The van der Waals surface area contributed by atoms with Crippen molar-refractivity contribution in [3.63, 3.8) is 0 Å². The van der Waals surface area contributed by atoms with Crippen LogP contribution < -0.4 is 14.8 Å². The summed E-state index contributed by atoms with van der Waals surface area (Å²) in [5.41, 5.74) is 1.59. The van der Waals surface area contributed by atoms with Crippen LogP contribution in [0.15, 0.2) is 28.8 Å². The molecular formula is C16H18N2O4. The number of benzene rings is 1. The molecule has 1 atom stereocenters. The number of rotatable bonds is 4. The number of ether oxygens (including phenoxy) is 2. The third-order valence-corrected chi connectivity index (χ3v) is 3.61. The molecular weight excluding hydrogens is 284 g/mol. The van der Waals surface area contributed by atoms with Crippen LogP contribution in [0.2, 0.25) is 0 Å². The van der Waals surface area contributed by atoms with E-state index in [0.717, 1.165) is 17.0 Å². The van der Waals surface area contributed by atoms with Gasteiger partial charge in [0.05, 0.1) is 18.7 Å². The van der Waals surface area contributed by atoms with Gasteiger partial charge in [0.2, 0.25) is 5.91 Å². The van der Waals surface area contributed by atoms with Crippen molar-refractivity contribution in [1.82, 2.24) is 10.5 Å². The van der Waals surface area contributed by atoms with Crippen molar-refractivity contribution in [2.75, 3.05) is 13.2 Å². The van der Waals surface area contributed by atoms with Crippen molar-refractivity contribution < 1.29 is 18.8 Å². The van der Waals surface area contributed by atoms with Crippen molar-refractivity contribution >= 4 is 5.91 Å². The molecule has 6 nitrogen and oxygen atoms in total. The lowest BCUT2D eigenvalue weighted by Gasteiger charge is -2.26. The molecule has 116 valence electrons. The fourth-order valence-electron chi connectivity index (χ4n) is 2.37. The number of aryl methyl sites for hydroxylation is 2. The van der Waals surface area contributed by atoms with E-state index in [1.165, 1.54) is 0 Å². The molecule has 1 aromatic carbocycles. The summed E-state index contributed by atoms with van der Waals surface area (Å²) in [5, 5.41) is 6.71. The van der Waals surface area contributed by atoms with Crippen molar-refractivity contribution in [3.8, 4) is 11.5 Å². The Morgan fingerprint density at radius 3 is 2.82 bits per heavy atom. The number of para-hydroxylation sites is 2. The second-order valence-electron chi connectivity index (χ2n) is 5.28. The molecule has 0 radical (unpaired) electrons. The summed E-state index contributed by atoms with van der Waals surface area (Å²) >= 11 is 0. The number of fused-ring (bicyclic) bond motifs is 1. The van der Waals surface area contributed by atoms with E-state index in [9.17, 15) is 4.79 Å². The van der Waals surface area contributed by atoms with Gasteiger partial charge in [-0.2, -0.15) is 0 Å². The molecule has 1 aliphatic rings. The minimum absolute atomic E-state index is 0.0862. The number of hydrogen-bond acceptors (Lipinski definition) is 5. The lowest BCUT2D eigenvalue weighted by atomic mass is 10.1. The Labute approximate surface area is 128 Å². The van der Waals surface area contributed by atoms with E-state index >= 15 is 0 Å². The van der Waals surface area contributed by atoms with Crippen LogP contribution in [-0.2, 0) is 11.2 Å². The summed E-state index contributed by atoms with van der Waals surface area (Å²) in [5.74, 6) is 2.04. The van der Waals surface area contributed by atoms with Gasteiger partial charge in [-0.1, -0.05) is 17.3 Å². The van der Waals surface area contributed by atoms with E-state index in [4.69, 9.17) is 14.0 Å². The number of amides is 1. The average molecular weight is 302 g/mol. The van der Waals surface area contributed by atoms with Gasteiger partial charge in [-0.15, -0.1) is 0 Å². The molecule has 1 aliphatic heterocycles. The van der Waals surface area contributed by atoms with E-state index in [0.29, 0.717) is 24.7 Å². The van der Waals surface area contributed by atoms with E-state index < -0.39 is 0 Å². The zero-order chi connectivity index (χ0) is 15.5. The zero-order valence-corrected chi connectivity index (χ0v) is 12.6. The topological polar surface area (TPSA) is 73.6 Å². The summed E-state index contributed by atoms with van der Waals surface area (Å²) in [4.78, 5) is 12.0. The highest BCUT2D eigenvalue weighted by atomic mass is 16.6. The number of nitrogens with one attached hydrogen (secondary N) is 1. The fourth-order valence-corrected chi connectivity index (χ4v) is 2.37. The van der Waals surface area contributed by atoms with Gasteiger partial charge in [-0.05, 0) is 26.0 Å². The molecule has 2 aromatic rings. The van der Waals surface area contributed by atoms with Crippen LogP contribution in [0.1, 0.15) is 17.0 Å². The van der Waals surface area contributed by atoms with Gasteiger partial charge in [-0.25, -0.2) is 0 Å². The van der Waals surface area contributed by atoms with Crippen LogP contribution in [0, 0.1) is 13.8 Å². The second kappa shape index (κ2) is 6.09. The summed E-state index contributed by atoms with van der Waals surface area (Å²) in [6.07, 6.45) is 0.0641. The van der Waals surface area contributed by atoms with E-state index in [2.05, 4.69) is 10.5 Å². The Morgan fingerprint density at radius 2 is 2.09 bits per heavy atom. The van der Waals surface area contributed by atoms with Gasteiger partial charge in [0, 0.05) is 5.56 Å². The summed E-state index contributed by atoms with van der Waals surface area (Å²) in [7, 11) is 0. The SMILES string of the molecule is Cc1noc(C)c1CC(=O)NC[C@@H]1COc2ccccc2O1. The van der Waals surface area contributed by atoms with Crippen LogP contribution >= 0.6 is 0 Å². The first-order valence-electron chi connectivity index (χ1n) is 7.20. The zero-order valence-electron chi connectivity index (χ0n) is 12.6. The molecule has 0 unspecified atom stereocenters. The number of aromatic nitrogens is 1. The first-order valence-corrected chi connectivity index (χ1v) is 7.20. The lowest BCUT2D eigenvalue weighted by molar-refractivity contribution is -0.121. The Balaban J connectivity index is 1.52. The quantitative estimate of drug-likeness (QED) is 0.932. The van der Waals surface area contributed by atoms with E-state index in [-0.39, 0.29) is 18.4 Å². The van der Waals surface area contributed by atoms with Crippen LogP contribution in [0.25, 0.3) is 0 Å². The number of hydrogen-bond donors (Lipinski definition) is 1. The van der Waals surface area contributed by atoms with Crippen molar-refractivity contribution in [1.29, 1.82) is 0 Å². The molecule has 0 saturated carbocycles. The van der Waals surface area contributed by atoms with Gasteiger partial charge in [0.1, 0.15) is 18.5 Å². The second-order valence-corrected chi connectivity index (χ2v) is 5.28. The van der Waals surface area contributed by atoms with Gasteiger partial charge in [-0.3, -0.25) is 4.79 Å². The highest BCUT2D eigenvalue weighted by molar-refractivity contribution is 5.79. The maximum atomic E-state index is 12.0. The highest BCUT2D eigenvalue weighted by Crippen LogP contribution is 2.30. The Kier molecular flexibility index (Phi) is 4.00. The molecule has 1 N–H and O–H groups in total. The molecule has 0 aliphatic carbocycles. The normalized spacial score (nSPS) is 16.4. The largest absolute Gasteiger partial charge is 0.486 e. The Morgan fingerprint density at radius 1 is 1.32 bits per heavy atom. The average Bonchev–Trinajstić information content (AvgIpc) is 2.84. The smallest absolute Gasteiger partial charge is 0.224 e. The molecule has 0 bridgehead atoms. The van der Waals surface area contributed by atoms with Crippen molar-refractivity contribution in [2.24, 2.45) is 0 Å². The predicted molar refractivity (Wildman–Crippen MR) is 79.0 cm³/mol. The Hall–Kier alpha value is -2.50. The highest BCUT2D eigenvalue weighted by Gasteiger charge is 2.21. The van der Waals surface area contributed by atoms with Crippen LogP contribution in [-0.4, -0.2) is 30.3 Å². The molecule has 2 heterocycles. The lowest BCUT2D eigenvalue weighted by Crippen LogP contribution is -2.41. The van der Waals surface area contributed by atoms with Crippen LogP contribution in [0.5, 0.6) is 11.5 Å². The summed E-state index contributed by atoms with van der Waals surface area (Å²) in [6.45, 7) is 4.45. The van der Waals surface area contributed by atoms with Gasteiger partial charge in [0.15, 0.2) is 11.5 Å². The number of carbonyl (C=O) groups is 1. The molecule has 0 saturated heterocycles. The van der Waals surface area contributed by atoms with Crippen LogP contribution in [0.3, 0.4) is 0 Å². The monoisotopic (exact) mass is 302 g/mol. The maximum absolute atomic E-state index is 12.0. The van der Waals surface area contributed by atoms with Gasteiger partial charge < -0.3 is 19.3 Å². The van der Waals surface area contributed by atoms with Crippen LogP contribution in [0.4, 0.5) is 0 Å². The molecule has 6 heteroatoms. The third kappa shape index (κ3) is 3.05. The molecule has 0 spiro atoms. The molecule has 22 heavy (non-hydrogen) atoms. The van der Waals surface area contributed by atoms with E-state index in [1.54, 1.807) is 6.92 Å². The third-order valence-electron chi connectivity index (χ3n) is 3.61.